The van der Waals surface area contributed by atoms with Crippen LogP contribution in [-0.4, -0.2) is 63.0 Å². The molecule has 1 aromatic rings. The molecule has 2 atom stereocenters. The molecule has 3 aliphatic heterocycles. The van der Waals surface area contributed by atoms with E-state index in [0.717, 1.165) is 19.4 Å². The summed E-state index contributed by atoms with van der Waals surface area (Å²) in [5, 5.41) is 16.3. The first kappa shape index (κ1) is 18.3. The number of nitrogens with one attached hydrogen (secondary N) is 2. The minimum Gasteiger partial charge on any atom is -0.444 e. The second-order valence-corrected chi connectivity index (χ2v) is 9.20. The number of ether oxygens (including phenoxy) is 1. The van der Waals surface area contributed by atoms with E-state index >= 15 is 0 Å². The molecular weight excluding hydrogens is 364 g/mol. The van der Waals surface area contributed by atoms with Gasteiger partial charge in [0.15, 0.2) is 5.16 Å². The Bertz CT molecular complexity index is 803. The molecule has 2 unspecified atom stereocenters. The Morgan fingerprint density at radius 3 is 2.74 bits per heavy atom. The number of aromatic nitrogens is 2. The van der Waals surface area contributed by atoms with Crippen molar-refractivity contribution < 1.29 is 9.53 Å². The SMILES string of the molecule is CSc1ncc(C#N)c(NCC23CC4C(NC(=O)OC(C)(C)C)C(C2)N43)n1. The third-order valence-electron chi connectivity index (χ3n) is 5.61. The maximum absolute atomic E-state index is 12.0. The number of rotatable bonds is 5. The van der Waals surface area contributed by atoms with Crippen LogP contribution in [0.4, 0.5) is 10.6 Å². The summed E-state index contributed by atoms with van der Waals surface area (Å²) in [6.45, 7) is 6.36. The first-order chi connectivity index (χ1) is 12.8. The molecule has 4 rings (SSSR count). The maximum Gasteiger partial charge on any atom is 0.407 e. The lowest BCUT2D eigenvalue weighted by Gasteiger charge is -2.81. The van der Waals surface area contributed by atoms with Crippen LogP contribution in [-0.2, 0) is 4.74 Å². The van der Waals surface area contributed by atoms with Crippen LogP contribution in [0.5, 0.6) is 0 Å². The van der Waals surface area contributed by atoms with E-state index in [4.69, 9.17) is 4.74 Å². The van der Waals surface area contributed by atoms with Crippen molar-refractivity contribution in [2.75, 3.05) is 18.1 Å². The van der Waals surface area contributed by atoms with Gasteiger partial charge in [0.25, 0.3) is 0 Å². The van der Waals surface area contributed by atoms with Crippen molar-refractivity contribution in [3.05, 3.63) is 11.8 Å². The number of thioether (sulfide) groups is 1. The predicted molar refractivity (Wildman–Crippen MR) is 102 cm³/mol. The molecule has 1 amide bonds. The topological polar surface area (TPSA) is 103 Å². The first-order valence-electron chi connectivity index (χ1n) is 9.09. The molecule has 3 fully saturated rings. The zero-order chi connectivity index (χ0) is 19.4. The highest BCUT2D eigenvalue weighted by Gasteiger charge is 2.74. The molecule has 0 bridgehead atoms. The summed E-state index contributed by atoms with van der Waals surface area (Å²) in [6.07, 6.45) is 5.20. The van der Waals surface area contributed by atoms with E-state index in [1.54, 1.807) is 6.20 Å². The van der Waals surface area contributed by atoms with E-state index in [0.29, 0.717) is 28.6 Å². The van der Waals surface area contributed by atoms with Crippen molar-refractivity contribution in [2.24, 2.45) is 0 Å². The summed E-state index contributed by atoms with van der Waals surface area (Å²) in [7, 11) is 0. The fourth-order valence-electron chi connectivity index (χ4n) is 4.55. The standard InChI is InChI=1S/C18H24N6O2S/c1-17(2,3)26-16(25)22-13-11-5-18(6-12(13)24(11)18)9-21-14-10(7-19)8-20-15(23-14)27-4/h8,11-13H,5-6,9H2,1-4H3,(H,22,25)(H,20,21,23). The fourth-order valence-corrected chi connectivity index (χ4v) is 4.89. The molecule has 144 valence electrons. The van der Waals surface area contributed by atoms with Gasteiger partial charge >= 0.3 is 6.09 Å². The van der Waals surface area contributed by atoms with Gasteiger partial charge in [0.1, 0.15) is 23.1 Å². The summed E-state index contributed by atoms with van der Waals surface area (Å²) < 4.78 is 5.37. The summed E-state index contributed by atoms with van der Waals surface area (Å²) in [5.74, 6) is 0.599. The number of carbonyl (C=O) groups excluding carboxylic acids is 1. The van der Waals surface area contributed by atoms with Crippen LogP contribution in [0.2, 0.25) is 0 Å². The zero-order valence-corrected chi connectivity index (χ0v) is 16.8. The second kappa shape index (κ2) is 6.24. The summed E-state index contributed by atoms with van der Waals surface area (Å²) >= 11 is 1.45. The van der Waals surface area contributed by atoms with Crippen LogP contribution in [0.3, 0.4) is 0 Å². The molecule has 0 aliphatic carbocycles. The number of nitriles is 1. The lowest BCUT2D eigenvalue weighted by Crippen LogP contribution is -2.96. The minimum atomic E-state index is -0.480. The van der Waals surface area contributed by atoms with E-state index in [-0.39, 0.29) is 17.7 Å². The van der Waals surface area contributed by atoms with Crippen molar-refractivity contribution >= 4 is 23.7 Å². The van der Waals surface area contributed by atoms with Crippen LogP contribution in [0.25, 0.3) is 0 Å². The highest BCUT2D eigenvalue weighted by atomic mass is 32.2. The third-order valence-corrected chi connectivity index (χ3v) is 6.17. The molecule has 4 heterocycles. The van der Waals surface area contributed by atoms with Gasteiger partial charge in [0.2, 0.25) is 0 Å². The molecule has 8 nitrogen and oxygen atoms in total. The van der Waals surface area contributed by atoms with E-state index in [2.05, 4.69) is 31.6 Å². The van der Waals surface area contributed by atoms with Gasteiger partial charge in [-0.15, -0.1) is 0 Å². The van der Waals surface area contributed by atoms with Crippen LogP contribution in [0, 0.1) is 11.3 Å². The quantitative estimate of drug-likeness (QED) is 0.583. The molecular formula is C18H24N6O2S. The van der Waals surface area contributed by atoms with E-state index in [1.807, 2.05) is 27.0 Å². The molecule has 9 heteroatoms. The Morgan fingerprint density at radius 1 is 1.48 bits per heavy atom. The maximum atomic E-state index is 12.0. The monoisotopic (exact) mass is 388 g/mol. The minimum absolute atomic E-state index is 0.124. The summed E-state index contributed by atoms with van der Waals surface area (Å²) in [5.41, 5.74) is 0.106. The number of amides is 1. The summed E-state index contributed by atoms with van der Waals surface area (Å²) in [4.78, 5) is 23.0. The van der Waals surface area contributed by atoms with Crippen LogP contribution < -0.4 is 10.6 Å². The van der Waals surface area contributed by atoms with Crippen molar-refractivity contribution in [3.8, 4) is 6.07 Å². The van der Waals surface area contributed by atoms with Crippen molar-refractivity contribution in [1.29, 1.82) is 5.26 Å². The van der Waals surface area contributed by atoms with Gasteiger partial charge in [-0.2, -0.15) is 5.26 Å². The second-order valence-electron chi connectivity index (χ2n) is 8.43. The molecule has 0 saturated carbocycles. The van der Waals surface area contributed by atoms with Crippen molar-refractivity contribution in [2.45, 2.75) is 68.0 Å². The molecule has 27 heavy (non-hydrogen) atoms. The van der Waals surface area contributed by atoms with Crippen LogP contribution >= 0.6 is 11.8 Å². The average Bonchev–Trinajstić information content (AvgIpc) is 2.59. The van der Waals surface area contributed by atoms with Crippen molar-refractivity contribution in [3.63, 3.8) is 0 Å². The van der Waals surface area contributed by atoms with Gasteiger partial charge in [-0.05, 0) is 39.9 Å². The number of alkyl carbamates (subject to hydrolysis) is 1. The number of hydrogen-bond donors (Lipinski definition) is 2. The highest BCUT2D eigenvalue weighted by Crippen LogP contribution is 2.61. The summed E-state index contributed by atoms with van der Waals surface area (Å²) in [6, 6.07) is 3.10. The normalized spacial score (nSPS) is 30.7. The van der Waals surface area contributed by atoms with Crippen LogP contribution in [0.15, 0.2) is 11.4 Å². The molecule has 1 aromatic heterocycles. The molecule has 0 radical (unpaired) electrons. The number of anilines is 1. The average molecular weight is 388 g/mol. The predicted octanol–water partition coefficient (Wildman–Crippen LogP) is 1.97. The van der Waals surface area contributed by atoms with E-state index < -0.39 is 5.60 Å². The number of piperidine rings is 3. The number of nitrogens with zero attached hydrogens (tertiary/aromatic N) is 4. The van der Waals surface area contributed by atoms with Gasteiger partial charge in [-0.3, -0.25) is 4.90 Å². The van der Waals surface area contributed by atoms with Gasteiger partial charge in [0, 0.05) is 24.2 Å². The van der Waals surface area contributed by atoms with Gasteiger partial charge < -0.3 is 15.4 Å². The fraction of sp³-hybridized carbons (Fsp3) is 0.667. The van der Waals surface area contributed by atoms with E-state index in [1.165, 1.54) is 11.8 Å². The Kier molecular flexibility index (Phi) is 4.24. The van der Waals surface area contributed by atoms with Crippen molar-refractivity contribution in [1.82, 2.24) is 20.2 Å². The number of hydrogen-bond acceptors (Lipinski definition) is 8. The van der Waals surface area contributed by atoms with Gasteiger partial charge in [-0.25, -0.2) is 14.8 Å². The molecule has 2 N–H and O–H groups in total. The Hall–Kier alpha value is -2.05. The Labute approximate surface area is 163 Å². The van der Waals surface area contributed by atoms with Gasteiger partial charge in [0.05, 0.1) is 12.2 Å². The molecule has 0 spiro atoms. The number of carbonyl (C=O) groups is 1. The van der Waals surface area contributed by atoms with Crippen LogP contribution in [0.1, 0.15) is 39.2 Å². The molecule has 3 saturated heterocycles. The zero-order valence-electron chi connectivity index (χ0n) is 15.9. The highest BCUT2D eigenvalue weighted by molar-refractivity contribution is 7.98. The third kappa shape index (κ3) is 3.01. The van der Waals surface area contributed by atoms with E-state index in [9.17, 15) is 10.1 Å². The first-order valence-corrected chi connectivity index (χ1v) is 10.3. The largest absolute Gasteiger partial charge is 0.444 e. The Balaban J connectivity index is 1.32. The lowest BCUT2D eigenvalue weighted by atomic mass is 9.52. The molecule has 0 aromatic carbocycles. The Morgan fingerprint density at radius 2 is 2.19 bits per heavy atom. The van der Waals surface area contributed by atoms with Gasteiger partial charge in [-0.1, -0.05) is 11.8 Å². The molecule has 3 aliphatic rings. The smallest absolute Gasteiger partial charge is 0.407 e. The lowest BCUT2D eigenvalue weighted by molar-refractivity contribution is -0.286.